The van der Waals surface area contributed by atoms with Gasteiger partial charge in [-0.3, -0.25) is 9.48 Å². The molecule has 0 aliphatic rings. The second kappa shape index (κ2) is 6.31. The van der Waals surface area contributed by atoms with Crippen LogP contribution in [0.25, 0.3) is 0 Å². The number of rotatable bonds is 5. The molecule has 2 aromatic heterocycles. The first-order chi connectivity index (χ1) is 10.3. The maximum atomic E-state index is 12.3. The van der Waals surface area contributed by atoms with Crippen LogP contribution in [0, 0.1) is 13.8 Å². The fraction of sp³-hybridized carbons (Fsp3) is 0.400. The molecule has 2 heterocycles. The largest absolute Gasteiger partial charge is 0.477 e. The number of nitrogens with one attached hydrogen (secondary N) is 1. The highest BCUT2D eigenvalue weighted by Gasteiger charge is 2.22. The van der Waals surface area contributed by atoms with E-state index in [0.29, 0.717) is 4.88 Å². The molecule has 1 amide bonds. The van der Waals surface area contributed by atoms with Crippen LogP contribution in [0.15, 0.2) is 12.1 Å². The van der Waals surface area contributed by atoms with Gasteiger partial charge >= 0.3 is 5.97 Å². The number of carbonyl (C=O) groups is 2. The van der Waals surface area contributed by atoms with Crippen molar-refractivity contribution in [1.29, 1.82) is 0 Å². The fourth-order valence-electron chi connectivity index (χ4n) is 2.48. The summed E-state index contributed by atoms with van der Waals surface area (Å²) in [5, 5.41) is 16.3. The van der Waals surface area contributed by atoms with Crippen LogP contribution in [-0.4, -0.2) is 26.8 Å². The zero-order chi connectivity index (χ0) is 16.4. The quantitative estimate of drug-likeness (QED) is 0.887. The van der Waals surface area contributed by atoms with Crippen molar-refractivity contribution in [2.45, 2.75) is 33.2 Å². The van der Waals surface area contributed by atoms with E-state index in [0.717, 1.165) is 34.7 Å². The lowest BCUT2D eigenvalue weighted by atomic mass is 10.0. The standard InChI is InChI=1S/C15H19N3O3S/c1-5-10(13-8(2)17-18(4)9(13)3)16-14(19)11-6-7-12(22-11)15(20)21/h6-7,10H,5H2,1-4H3,(H,16,19)(H,20,21). The van der Waals surface area contributed by atoms with Crippen molar-refractivity contribution in [2.75, 3.05) is 0 Å². The van der Waals surface area contributed by atoms with Gasteiger partial charge in [-0.15, -0.1) is 11.3 Å². The third kappa shape index (κ3) is 3.04. The fourth-order valence-corrected chi connectivity index (χ4v) is 3.22. The second-order valence-corrected chi connectivity index (χ2v) is 6.20. The molecule has 0 bridgehead atoms. The van der Waals surface area contributed by atoms with E-state index < -0.39 is 5.97 Å². The Morgan fingerprint density at radius 3 is 2.45 bits per heavy atom. The topological polar surface area (TPSA) is 84.2 Å². The van der Waals surface area contributed by atoms with Crippen LogP contribution < -0.4 is 5.32 Å². The van der Waals surface area contributed by atoms with Gasteiger partial charge in [0.1, 0.15) is 4.88 Å². The van der Waals surface area contributed by atoms with Gasteiger partial charge in [0.25, 0.3) is 5.91 Å². The Bertz CT molecular complexity index is 718. The maximum Gasteiger partial charge on any atom is 0.345 e. The number of carboxylic acids is 1. The van der Waals surface area contributed by atoms with Crippen LogP contribution in [-0.2, 0) is 7.05 Å². The molecule has 0 aliphatic carbocycles. The van der Waals surface area contributed by atoms with Gasteiger partial charge in [0.05, 0.1) is 16.6 Å². The molecule has 0 aliphatic heterocycles. The first-order valence-electron chi connectivity index (χ1n) is 6.99. The van der Waals surface area contributed by atoms with Crippen molar-refractivity contribution >= 4 is 23.2 Å². The number of aromatic nitrogens is 2. The molecule has 2 rings (SSSR count). The number of hydrogen-bond acceptors (Lipinski definition) is 4. The third-order valence-electron chi connectivity index (χ3n) is 3.67. The second-order valence-electron chi connectivity index (χ2n) is 5.11. The molecule has 0 aromatic carbocycles. The minimum Gasteiger partial charge on any atom is -0.477 e. The Kier molecular flexibility index (Phi) is 4.65. The molecule has 2 N–H and O–H groups in total. The molecule has 0 fully saturated rings. The van der Waals surface area contributed by atoms with Gasteiger partial charge < -0.3 is 10.4 Å². The zero-order valence-corrected chi connectivity index (χ0v) is 13.8. The lowest BCUT2D eigenvalue weighted by molar-refractivity contribution is 0.0702. The van der Waals surface area contributed by atoms with E-state index in [1.54, 1.807) is 10.7 Å². The van der Waals surface area contributed by atoms with E-state index >= 15 is 0 Å². The lowest BCUT2D eigenvalue weighted by Crippen LogP contribution is -2.28. The summed E-state index contributed by atoms with van der Waals surface area (Å²) in [5.74, 6) is -1.28. The molecule has 6 nitrogen and oxygen atoms in total. The first kappa shape index (κ1) is 16.2. The number of aromatic carboxylic acids is 1. The molecule has 1 unspecified atom stereocenters. The molecule has 2 aromatic rings. The summed E-state index contributed by atoms with van der Waals surface area (Å²) in [6.07, 6.45) is 0.732. The minimum absolute atomic E-state index is 0.142. The average molecular weight is 321 g/mol. The van der Waals surface area contributed by atoms with Gasteiger partial charge in [0.15, 0.2) is 0 Å². The van der Waals surface area contributed by atoms with E-state index in [4.69, 9.17) is 5.11 Å². The smallest absolute Gasteiger partial charge is 0.345 e. The summed E-state index contributed by atoms with van der Waals surface area (Å²) < 4.78 is 1.80. The van der Waals surface area contributed by atoms with Crippen molar-refractivity contribution in [2.24, 2.45) is 7.05 Å². The van der Waals surface area contributed by atoms with Crippen molar-refractivity contribution in [3.05, 3.63) is 38.8 Å². The van der Waals surface area contributed by atoms with Crippen LogP contribution in [0.3, 0.4) is 0 Å². The van der Waals surface area contributed by atoms with Crippen LogP contribution in [0.5, 0.6) is 0 Å². The molecule has 118 valence electrons. The SMILES string of the molecule is CCC(NC(=O)c1ccc(C(=O)O)s1)c1c(C)nn(C)c1C. The van der Waals surface area contributed by atoms with Gasteiger partial charge in [0.2, 0.25) is 0 Å². The predicted molar refractivity (Wildman–Crippen MR) is 84.5 cm³/mol. The number of hydrogen-bond donors (Lipinski definition) is 2. The summed E-state index contributed by atoms with van der Waals surface area (Å²) in [7, 11) is 1.87. The normalized spacial score (nSPS) is 12.2. The van der Waals surface area contributed by atoms with Gasteiger partial charge in [-0.2, -0.15) is 5.10 Å². The van der Waals surface area contributed by atoms with Gasteiger partial charge in [-0.25, -0.2) is 4.79 Å². The number of nitrogens with zero attached hydrogens (tertiary/aromatic N) is 2. The predicted octanol–water partition coefficient (Wildman–Crippen LogP) is 2.68. The molecule has 22 heavy (non-hydrogen) atoms. The Hall–Kier alpha value is -2.15. The molecular formula is C15H19N3O3S. The number of carbonyl (C=O) groups excluding carboxylic acids is 1. The highest BCUT2D eigenvalue weighted by Crippen LogP contribution is 2.25. The van der Waals surface area contributed by atoms with E-state index in [2.05, 4.69) is 10.4 Å². The van der Waals surface area contributed by atoms with Crippen LogP contribution in [0.2, 0.25) is 0 Å². The van der Waals surface area contributed by atoms with Crippen LogP contribution >= 0.6 is 11.3 Å². The molecule has 0 radical (unpaired) electrons. The summed E-state index contributed by atoms with van der Waals surface area (Å²) in [6.45, 7) is 5.89. The minimum atomic E-state index is -1.02. The monoisotopic (exact) mass is 321 g/mol. The van der Waals surface area contributed by atoms with E-state index in [9.17, 15) is 9.59 Å². The number of amides is 1. The molecular weight excluding hydrogens is 302 g/mol. The Morgan fingerprint density at radius 1 is 1.36 bits per heavy atom. The molecule has 0 saturated carbocycles. The van der Waals surface area contributed by atoms with Gasteiger partial charge in [-0.1, -0.05) is 6.92 Å². The highest BCUT2D eigenvalue weighted by atomic mass is 32.1. The lowest BCUT2D eigenvalue weighted by Gasteiger charge is -2.17. The molecule has 7 heteroatoms. The van der Waals surface area contributed by atoms with Crippen molar-refractivity contribution in [1.82, 2.24) is 15.1 Å². The Labute approximate surface area is 132 Å². The maximum absolute atomic E-state index is 12.3. The van der Waals surface area contributed by atoms with Crippen molar-refractivity contribution < 1.29 is 14.7 Å². The number of carboxylic acid groups (broad SMARTS) is 1. The zero-order valence-electron chi connectivity index (χ0n) is 13.0. The van der Waals surface area contributed by atoms with E-state index in [-0.39, 0.29) is 16.8 Å². The molecule has 1 atom stereocenters. The third-order valence-corrected chi connectivity index (χ3v) is 4.74. The summed E-state index contributed by atoms with van der Waals surface area (Å²) >= 11 is 0.978. The molecule has 0 spiro atoms. The van der Waals surface area contributed by atoms with Gasteiger partial charge in [0, 0.05) is 18.3 Å². The average Bonchev–Trinajstić information content (AvgIpc) is 3.03. The highest BCUT2D eigenvalue weighted by molar-refractivity contribution is 7.15. The van der Waals surface area contributed by atoms with E-state index in [1.165, 1.54) is 6.07 Å². The van der Waals surface area contributed by atoms with Gasteiger partial charge in [-0.05, 0) is 32.4 Å². The number of aryl methyl sites for hydroxylation is 2. The summed E-state index contributed by atoms with van der Waals surface area (Å²) in [5.41, 5.74) is 2.93. The van der Waals surface area contributed by atoms with Crippen LogP contribution in [0.1, 0.15) is 55.7 Å². The summed E-state index contributed by atoms with van der Waals surface area (Å²) in [6, 6.07) is 2.85. The molecule has 0 saturated heterocycles. The Morgan fingerprint density at radius 2 is 2.00 bits per heavy atom. The number of thiophene rings is 1. The van der Waals surface area contributed by atoms with Crippen LogP contribution in [0.4, 0.5) is 0 Å². The first-order valence-corrected chi connectivity index (χ1v) is 7.80. The van der Waals surface area contributed by atoms with E-state index in [1.807, 2.05) is 27.8 Å². The summed E-state index contributed by atoms with van der Waals surface area (Å²) in [4.78, 5) is 23.8. The Balaban J connectivity index is 2.22. The van der Waals surface area contributed by atoms with Crippen molar-refractivity contribution in [3.63, 3.8) is 0 Å². The van der Waals surface area contributed by atoms with Crippen molar-refractivity contribution in [3.8, 4) is 0 Å².